The quantitative estimate of drug-likeness (QED) is 0.665. The van der Waals surface area contributed by atoms with Crippen molar-refractivity contribution in [2.75, 3.05) is 19.6 Å². The normalized spacial score (nSPS) is 17.8. The standard InChI is InChI=1S/C24H28ClNO4/c1-3-17-5-4-6-21(25)20(17)13-29-19-8-7-18-11-24(30-22(18)10-19)14-26(15-24)12-16(2)9-23(27)28/h4-8,10,16H,3,9,11-15H2,1-2H3,(H,27,28). The maximum atomic E-state index is 10.9. The zero-order valence-corrected chi connectivity index (χ0v) is 18.2. The molecule has 1 fully saturated rings. The molecule has 2 aliphatic heterocycles. The third-order valence-corrected chi connectivity index (χ3v) is 6.33. The summed E-state index contributed by atoms with van der Waals surface area (Å²) >= 11 is 6.37. The van der Waals surface area contributed by atoms with Crippen molar-refractivity contribution >= 4 is 17.6 Å². The number of fused-ring (bicyclic) bond motifs is 1. The smallest absolute Gasteiger partial charge is 0.303 e. The van der Waals surface area contributed by atoms with E-state index in [-0.39, 0.29) is 17.9 Å². The molecular formula is C24H28ClNO4. The van der Waals surface area contributed by atoms with Gasteiger partial charge in [-0.15, -0.1) is 0 Å². The van der Waals surface area contributed by atoms with E-state index in [1.54, 1.807) is 0 Å². The second-order valence-electron chi connectivity index (χ2n) is 8.62. The van der Waals surface area contributed by atoms with Gasteiger partial charge in [0.1, 0.15) is 23.7 Å². The number of carboxylic acids is 1. The fraction of sp³-hybridized carbons (Fsp3) is 0.458. The summed E-state index contributed by atoms with van der Waals surface area (Å²) in [4.78, 5) is 13.1. The summed E-state index contributed by atoms with van der Waals surface area (Å²) in [7, 11) is 0. The molecular weight excluding hydrogens is 402 g/mol. The fourth-order valence-electron chi connectivity index (χ4n) is 4.61. The molecule has 1 atom stereocenters. The molecule has 1 spiro atoms. The van der Waals surface area contributed by atoms with Gasteiger partial charge in [0.05, 0.1) is 0 Å². The molecule has 0 bridgehead atoms. The van der Waals surface area contributed by atoms with Crippen LogP contribution in [0.15, 0.2) is 36.4 Å². The maximum absolute atomic E-state index is 10.9. The number of halogens is 1. The van der Waals surface area contributed by atoms with Crippen molar-refractivity contribution in [2.24, 2.45) is 5.92 Å². The van der Waals surface area contributed by atoms with Gasteiger partial charge in [0, 0.05) is 49.1 Å². The van der Waals surface area contributed by atoms with Gasteiger partial charge in [0.25, 0.3) is 0 Å². The van der Waals surface area contributed by atoms with Crippen LogP contribution < -0.4 is 9.47 Å². The van der Waals surface area contributed by atoms with Gasteiger partial charge in [-0.2, -0.15) is 0 Å². The minimum atomic E-state index is -0.738. The highest BCUT2D eigenvalue weighted by Gasteiger charge is 2.49. The van der Waals surface area contributed by atoms with Crippen LogP contribution >= 0.6 is 11.6 Å². The van der Waals surface area contributed by atoms with Gasteiger partial charge in [0.15, 0.2) is 0 Å². The molecule has 0 radical (unpaired) electrons. The summed E-state index contributed by atoms with van der Waals surface area (Å²) in [6, 6.07) is 12.0. The van der Waals surface area contributed by atoms with Gasteiger partial charge >= 0.3 is 5.97 Å². The number of carbonyl (C=O) groups is 1. The van der Waals surface area contributed by atoms with Crippen molar-refractivity contribution in [1.29, 1.82) is 0 Å². The first-order valence-electron chi connectivity index (χ1n) is 10.5. The van der Waals surface area contributed by atoms with Gasteiger partial charge in [-0.3, -0.25) is 9.69 Å². The van der Waals surface area contributed by atoms with E-state index in [1.165, 1.54) is 11.1 Å². The van der Waals surface area contributed by atoms with Crippen molar-refractivity contribution in [3.8, 4) is 11.5 Å². The number of nitrogens with zero attached hydrogens (tertiary/aromatic N) is 1. The summed E-state index contributed by atoms with van der Waals surface area (Å²) in [6.45, 7) is 6.99. The summed E-state index contributed by atoms with van der Waals surface area (Å²) in [5.74, 6) is 1.07. The molecule has 0 saturated carbocycles. The number of carboxylic acid groups (broad SMARTS) is 1. The summed E-state index contributed by atoms with van der Waals surface area (Å²) in [6.07, 6.45) is 2.00. The molecule has 1 saturated heterocycles. The number of ether oxygens (including phenoxy) is 2. The lowest BCUT2D eigenvalue weighted by atomic mass is 9.88. The summed E-state index contributed by atoms with van der Waals surface area (Å²) in [5.41, 5.74) is 3.25. The lowest BCUT2D eigenvalue weighted by molar-refractivity contribution is -0.138. The molecule has 0 amide bonds. The molecule has 160 valence electrons. The van der Waals surface area contributed by atoms with Crippen molar-refractivity contribution in [2.45, 2.75) is 45.3 Å². The third kappa shape index (κ3) is 4.42. The topological polar surface area (TPSA) is 59.0 Å². The van der Waals surface area contributed by atoms with Crippen LogP contribution in [0.3, 0.4) is 0 Å². The van der Waals surface area contributed by atoms with Gasteiger partial charge in [0.2, 0.25) is 0 Å². The molecule has 2 aromatic rings. The average molecular weight is 430 g/mol. The number of aliphatic carboxylic acids is 1. The van der Waals surface area contributed by atoms with Crippen LogP contribution in [0.4, 0.5) is 0 Å². The van der Waals surface area contributed by atoms with E-state index in [0.29, 0.717) is 6.61 Å². The first-order chi connectivity index (χ1) is 14.4. The fourth-order valence-corrected chi connectivity index (χ4v) is 4.86. The predicted molar refractivity (Wildman–Crippen MR) is 117 cm³/mol. The van der Waals surface area contributed by atoms with E-state index in [2.05, 4.69) is 24.0 Å². The van der Waals surface area contributed by atoms with Gasteiger partial charge in [-0.25, -0.2) is 0 Å². The lowest BCUT2D eigenvalue weighted by Gasteiger charge is -2.47. The Bertz CT molecular complexity index is 939. The van der Waals surface area contributed by atoms with Gasteiger partial charge < -0.3 is 14.6 Å². The van der Waals surface area contributed by atoms with E-state index in [4.69, 9.17) is 26.2 Å². The van der Waals surface area contributed by atoms with E-state index >= 15 is 0 Å². The molecule has 0 aliphatic carbocycles. The summed E-state index contributed by atoms with van der Waals surface area (Å²) < 4.78 is 12.4. The Balaban J connectivity index is 1.35. The number of rotatable bonds is 8. The molecule has 5 nitrogen and oxygen atoms in total. The molecule has 4 rings (SSSR count). The Morgan fingerprint density at radius 3 is 2.87 bits per heavy atom. The minimum Gasteiger partial charge on any atom is -0.489 e. The van der Waals surface area contributed by atoms with Crippen molar-refractivity contribution < 1.29 is 19.4 Å². The summed E-state index contributed by atoms with van der Waals surface area (Å²) in [5, 5.41) is 9.67. The molecule has 1 unspecified atom stereocenters. The highest BCUT2D eigenvalue weighted by Crippen LogP contribution is 2.42. The average Bonchev–Trinajstić information content (AvgIpc) is 3.04. The largest absolute Gasteiger partial charge is 0.489 e. The van der Waals surface area contributed by atoms with E-state index < -0.39 is 5.97 Å². The van der Waals surface area contributed by atoms with Gasteiger partial charge in [-0.05, 0) is 35.6 Å². The third-order valence-electron chi connectivity index (χ3n) is 5.97. The molecule has 30 heavy (non-hydrogen) atoms. The predicted octanol–water partition coefficient (Wildman–Crippen LogP) is 4.58. The number of hydrogen-bond acceptors (Lipinski definition) is 4. The Morgan fingerprint density at radius 2 is 2.13 bits per heavy atom. The molecule has 2 aromatic carbocycles. The van der Waals surface area contributed by atoms with Crippen LogP contribution in [0.1, 0.15) is 37.0 Å². The number of hydrogen-bond donors (Lipinski definition) is 1. The van der Waals surface area contributed by atoms with Gasteiger partial charge in [-0.1, -0.05) is 43.6 Å². The molecule has 6 heteroatoms. The van der Waals surface area contributed by atoms with Crippen LogP contribution in [-0.4, -0.2) is 41.2 Å². The zero-order valence-electron chi connectivity index (χ0n) is 17.5. The highest BCUT2D eigenvalue weighted by molar-refractivity contribution is 6.31. The first-order valence-corrected chi connectivity index (χ1v) is 10.9. The number of benzene rings is 2. The first kappa shape index (κ1) is 21.0. The van der Waals surface area contributed by atoms with Crippen molar-refractivity contribution in [3.05, 3.63) is 58.1 Å². The van der Waals surface area contributed by atoms with E-state index in [0.717, 1.165) is 54.6 Å². The minimum absolute atomic E-state index is 0.140. The van der Waals surface area contributed by atoms with Crippen LogP contribution in [0.2, 0.25) is 5.02 Å². The Hall–Kier alpha value is -2.24. The molecule has 1 N–H and O–H groups in total. The second kappa shape index (κ2) is 8.48. The van der Waals surface area contributed by atoms with Crippen LogP contribution in [0, 0.1) is 5.92 Å². The highest BCUT2D eigenvalue weighted by atomic mass is 35.5. The monoisotopic (exact) mass is 429 g/mol. The molecule has 2 heterocycles. The lowest BCUT2D eigenvalue weighted by Crippen LogP contribution is -2.65. The second-order valence-corrected chi connectivity index (χ2v) is 9.03. The van der Waals surface area contributed by atoms with Crippen LogP contribution in [0.5, 0.6) is 11.5 Å². The Labute approximate surface area is 182 Å². The number of aryl methyl sites for hydroxylation is 1. The zero-order chi connectivity index (χ0) is 21.3. The SMILES string of the molecule is CCc1cccc(Cl)c1COc1ccc2c(c1)OC1(C2)CN(CC(C)CC(=O)O)C1. The van der Waals surface area contributed by atoms with Crippen molar-refractivity contribution in [1.82, 2.24) is 4.90 Å². The molecule has 0 aromatic heterocycles. The van der Waals surface area contributed by atoms with Crippen molar-refractivity contribution in [3.63, 3.8) is 0 Å². The Kier molecular flexibility index (Phi) is 5.94. The number of likely N-dealkylation sites (tertiary alicyclic amines) is 1. The Morgan fingerprint density at radius 1 is 1.33 bits per heavy atom. The van der Waals surface area contributed by atoms with Crippen LogP contribution in [-0.2, 0) is 24.2 Å². The van der Waals surface area contributed by atoms with E-state index in [9.17, 15) is 4.79 Å². The van der Waals surface area contributed by atoms with E-state index in [1.807, 2.05) is 31.2 Å². The molecule has 2 aliphatic rings. The maximum Gasteiger partial charge on any atom is 0.303 e. The van der Waals surface area contributed by atoms with Crippen LogP contribution in [0.25, 0.3) is 0 Å².